The van der Waals surface area contributed by atoms with E-state index in [9.17, 15) is 4.79 Å². The molecule has 76 valence electrons. The van der Waals surface area contributed by atoms with Crippen molar-refractivity contribution in [1.29, 1.82) is 0 Å². The van der Waals surface area contributed by atoms with Crippen LogP contribution < -0.4 is 0 Å². The maximum atomic E-state index is 11.8. The highest BCUT2D eigenvalue weighted by molar-refractivity contribution is 5.91. The number of likely N-dealkylation sites (tertiary alicyclic amines) is 1. The molecule has 1 aromatic heterocycles. The molecular formula is C10H14N2O2. The van der Waals surface area contributed by atoms with E-state index in [1.165, 1.54) is 6.20 Å². The second-order valence-electron chi connectivity index (χ2n) is 4.52. The van der Waals surface area contributed by atoms with E-state index in [1.54, 1.807) is 6.07 Å². The standard InChI is InChI=1S/C10H14N2O2/c1-10(2)4-6-12(7-10)9(13)8-3-5-11-14-8/h3,5H,4,6-7H2,1-2H3. The van der Waals surface area contributed by atoms with Crippen molar-refractivity contribution in [2.75, 3.05) is 13.1 Å². The van der Waals surface area contributed by atoms with Gasteiger partial charge in [-0.2, -0.15) is 0 Å². The Morgan fingerprint density at radius 2 is 2.43 bits per heavy atom. The number of carbonyl (C=O) groups is 1. The van der Waals surface area contributed by atoms with Crippen molar-refractivity contribution in [2.24, 2.45) is 5.41 Å². The summed E-state index contributed by atoms with van der Waals surface area (Å²) in [6.07, 6.45) is 2.54. The SMILES string of the molecule is CC1(C)CCN(C(=O)c2ccno2)C1. The topological polar surface area (TPSA) is 46.3 Å². The third-order valence-corrected chi connectivity index (χ3v) is 2.61. The normalized spacial score (nSPS) is 20.0. The number of rotatable bonds is 1. The van der Waals surface area contributed by atoms with Crippen molar-refractivity contribution in [1.82, 2.24) is 10.1 Å². The van der Waals surface area contributed by atoms with Crippen LogP contribution in [0, 0.1) is 5.41 Å². The Balaban J connectivity index is 2.08. The molecule has 4 heteroatoms. The molecule has 1 amide bonds. The largest absolute Gasteiger partial charge is 0.351 e. The average Bonchev–Trinajstić information content (AvgIpc) is 2.72. The first-order valence-corrected chi connectivity index (χ1v) is 4.78. The van der Waals surface area contributed by atoms with Gasteiger partial charge in [0.2, 0.25) is 5.76 Å². The summed E-state index contributed by atoms with van der Waals surface area (Å²) >= 11 is 0. The second kappa shape index (κ2) is 3.12. The molecule has 1 saturated heterocycles. The van der Waals surface area contributed by atoms with Crippen molar-refractivity contribution in [3.05, 3.63) is 18.0 Å². The number of nitrogens with zero attached hydrogens (tertiary/aromatic N) is 2. The predicted molar refractivity (Wildman–Crippen MR) is 50.8 cm³/mol. The fourth-order valence-corrected chi connectivity index (χ4v) is 1.77. The van der Waals surface area contributed by atoms with Crippen LogP contribution in [0.4, 0.5) is 0 Å². The van der Waals surface area contributed by atoms with Crippen LogP contribution >= 0.6 is 0 Å². The van der Waals surface area contributed by atoms with Gasteiger partial charge in [0, 0.05) is 19.2 Å². The van der Waals surface area contributed by atoms with E-state index in [-0.39, 0.29) is 11.3 Å². The van der Waals surface area contributed by atoms with Crippen molar-refractivity contribution in [2.45, 2.75) is 20.3 Å². The Morgan fingerprint density at radius 1 is 1.64 bits per heavy atom. The van der Waals surface area contributed by atoms with Crippen LogP contribution in [-0.2, 0) is 0 Å². The van der Waals surface area contributed by atoms with Crippen molar-refractivity contribution in [3.63, 3.8) is 0 Å². The molecule has 1 fully saturated rings. The third-order valence-electron chi connectivity index (χ3n) is 2.61. The molecule has 1 aliphatic rings. The van der Waals surface area contributed by atoms with Crippen LogP contribution in [0.5, 0.6) is 0 Å². The van der Waals surface area contributed by atoms with Crippen LogP contribution in [0.2, 0.25) is 0 Å². The number of aromatic nitrogens is 1. The lowest BCUT2D eigenvalue weighted by Gasteiger charge is -2.18. The smallest absolute Gasteiger partial charge is 0.292 e. The highest BCUT2D eigenvalue weighted by Crippen LogP contribution is 2.29. The van der Waals surface area contributed by atoms with Gasteiger partial charge in [-0.1, -0.05) is 19.0 Å². The number of amides is 1. The molecule has 4 nitrogen and oxygen atoms in total. The molecule has 0 atom stereocenters. The molecule has 0 radical (unpaired) electrons. The summed E-state index contributed by atoms with van der Waals surface area (Å²) in [5, 5.41) is 3.53. The summed E-state index contributed by atoms with van der Waals surface area (Å²) in [4.78, 5) is 13.6. The molecule has 0 spiro atoms. The zero-order valence-electron chi connectivity index (χ0n) is 8.49. The fraction of sp³-hybridized carbons (Fsp3) is 0.600. The van der Waals surface area contributed by atoms with Gasteiger partial charge in [0.1, 0.15) is 0 Å². The third kappa shape index (κ3) is 1.64. The first-order valence-electron chi connectivity index (χ1n) is 4.78. The van der Waals surface area contributed by atoms with E-state index < -0.39 is 0 Å². The van der Waals surface area contributed by atoms with Gasteiger partial charge in [0.05, 0.1) is 6.20 Å². The predicted octanol–water partition coefficient (Wildman–Crippen LogP) is 1.55. The summed E-state index contributed by atoms with van der Waals surface area (Å²) in [5.41, 5.74) is 0.232. The molecule has 1 aliphatic heterocycles. The molecule has 0 N–H and O–H groups in total. The van der Waals surface area contributed by atoms with E-state index in [0.29, 0.717) is 5.76 Å². The molecule has 0 saturated carbocycles. The van der Waals surface area contributed by atoms with Gasteiger partial charge >= 0.3 is 0 Å². The lowest BCUT2D eigenvalue weighted by Crippen LogP contribution is -2.29. The van der Waals surface area contributed by atoms with Crippen LogP contribution in [0.3, 0.4) is 0 Å². The Bertz CT molecular complexity index is 330. The van der Waals surface area contributed by atoms with Gasteiger partial charge in [-0.25, -0.2) is 0 Å². The van der Waals surface area contributed by atoms with Crippen LogP contribution in [0.1, 0.15) is 30.8 Å². The molecule has 0 bridgehead atoms. The minimum absolute atomic E-state index is 0.0481. The van der Waals surface area contributed by atoms with Crippen LogP contribution in [-0.4, -0.2) is 29.1 Å². The number of hydrogen-bond acceptors (Lipinski definition) is 3. The quantitative estimate of drug-likeness (QED) is 0.681. The average molecular weight is 194 g/mol. The van der Waals surface area contributed by atoms with Gasteiger partial charge in [-0.3, -0.25) is 4.79 Å². The van der Waals surface area contributed by atoms with Gasteiger partial charge < -0.3 is 9.42 Å². The number of carbonyl (C=O) groups excluding carboxylic acids is 1. The molecule has 1 aromatic rings. The minimum Gasteiger partial charge on any atom is -0.351 e. The Kier molecular flexibility index (Phi) is 2.06. The molecule has 2 rings (SSSR count). The monoisotopic (exact) mass is 194 g/mol. The summed E-state index contributed by atoms with van der Waals surface area (Å²) in [7, 11) is 0. The molecular weight excluding hydrogens is 180 g/mol. The van der Waals surface area contributed by atoms with Gasteiger partial charge in [-0.05, 0) is 11.8 Å². The zero-order valence-corrected chi connectivity index (χ0v) is 8.49. The van der Waals surface area contributed by atoms with Crippen molar-refractivity contribution < 1.29 is 9.32 Å². The first kappa shape index (κ1) is 9.24. The van der Waals surface area contributed by atoms with E-state index in [4.69, 9.17) is 4.52 Å². The molecule has 0 aromatic carbocycles. The lowest BCUT2D eigenvalue weighted by atomic mass is 9.93. The van der Waals surface area contributed by atoms with Gasteiger partial charge in [-0.15, -0.1) is 0 Å². The number of hydrogen-bond donors (Lipinski definition) is 0. The Labute approximate surface area is 82.9 Å². The molecule has 14 heavy (non-hydrogen) atoms. The van der Waals surface area contributed by atoms with Crippen LogP contribution in [0.25, 0.3) is 0 Å². The summed E-state index contributed by atoms with van der Waals surface area (Å²) < 4.78 is 4.83. The summed E-state index contributed by atoms with van der Waals surface area (Å²) in [6, 6.07) is 1.60. The molecule has 2 heterocycles. The maximum absolute atomic E-state index is 11.8. The highest BCUT2D eigenvalue weighted by Gasteiger charge is 2.33. The van der Waals surface area contributed by atoms with Crippen molar-refractivity contribution in [3.8, 4) is 0 Å². The Morgan fingerprint density at radius 3 is 2.93 bits per heavy atom. The van der Waals surface area contributed by atoms with Gasteiger partial charge in [0.25, 0.3) is 5.91 Å². The van der Waals surface area contributed by atoms with E-state index >= 15 is 0 Å². The highest BCUT2D eigenvalue weighted by atomic mass is 16.5. The minimum atomic E-state index is -0.0481. The van der Waals surface area contributed by atoms with E-state index in [0.717, 1.165) is 19.5 Å². The fourth-order valence-electron chi connectivity index (χ4n) is 1.77. The lowest BCUT2D eigenvalue weighted by molar-refractivity contribution is 0.0736. The second-order valence-corrected chi connectivity index (χ2v) is 4.52. The van der Waals surface area contributed by atoms with Crippen LogP contribution in [0.15, 0.2) is 16.8 Å². The summed E-state index contributed by atoms with van der Waals surface area (Å²) in [5.74, 6) is 0.288. The maximum Gasteiger partial charge on any atom is 0.292 e. The van der Waals surface area contributed by atoms with E-state index in [2.05, 4.69) is 19.0 Å². The molecule has 0 unspecified atom stereocenters. The van der Waals surface area contributed by atoms with E-state index in [1.807, 2.05) is 4.90 Å². The molecule has 0 aliphatic carbocycles. The van der Waals surface area contributed by atoms with Crippen molar-refractivity contribution >= 4 is 5.91 Å². The van der Waals surface area contributed by atoms with Gasteiger partial charge in [0.15, 0.2) is 0 Å². The first-order chi connectivity index (χ1) is 6.58. The summed E-state index contributed by atoms with van der Waals surface area (Å²) in [6.45, 7) is 5.94. The zero-order chi connectivity index (χ0) is 10.2. The Hall–Kier alpha value is -1.32.